The van der Waals surface area contributed by atoms with Crippen molar-refractivity contribution < 1.29 is 18.7 Å². The van der Waals surface area contributed by atoms with E-state index in [2.05, 4.69) is 5.32 Å². The number of methoxy groups -OCH3 is 1. The molecule has 3 N–H and O–H groups in total. The Morgan fingerprint density at radius 1 is 1.16 bits per heavy atom. The maximum Gasteiger partial charge on any atom is 0.227 e. The molecule has 3 rings (SSSR count). The normalized spacial score (nSPS) is 19.5. The van der Waals surface area contributed by atoms with E-state index in [9.17, 15) is 9.18 Å². The Balaban J connectivity index is 1.69. The molecule has 1 amide bonds. The number of rotatable bonds is 5. The van der Waals surface area contributed by atoms with E-state index in [0.717, 1.165) is 12.8 Å². The number of hydrogen-bond acceptors (Lipinski definition) is 4. The van der Waals surface area contributed by atoms with E-state index in [-0.39, 0.29) is 23.6 Å². The summed E-state index contributed by atoms with van der Waals surface area (Å²) < 4.78 is 25.1. The molecule has 5 nitrogen and oxygen atoms in total. The zero-order chi connectivity index (χ0) is 17.8. The van der Waals surface area contributed by atoms with Crippen LogP contribution >= 0.6 is 0 Å². The summed E-state index contributed by atoms with van der Waals surface area (Å²) in [6, 6.07) is 11.4. The molecule has 132 valence electrons. The molecule has 2 atom stereocenters. The molecule has 0 heterocycles. The first-order valence-electron chi connectivity index (χ1n) is 8.23. The summed E-state index contributed by atoms with van der Waals surface area (Å²) in [6.45, 7) is 0. The minimum absolute atomic E-state index is 0.0605. The third-order valence-electron chi connectivity index (χ3n) is 4.33. The van der Waals surface area contributed by atoms with Gasteiger partial charge in [-0.3, -0.25) is 4.79 Å². The SMILES string of the molecule is COc1ccccc1Oc1ccc(NC(=O)C2CCC(N)C2)cc1F. The van der Waals surface area contributed by atoms with Gasteiger partial charge in [0, 0.05) is 23.7 Å². The van der Waals surface area contributed by atoms with E-state index in [1.807, 2.05) is 0 Å². The van der Waals surface area contributed by atoms with Crippen molar-refractivity contribution in [2.75, 3.05) is 12.4 Å². The zero-order valence-corrected chi connectivity index (χ0v) is 14.0. The second kappa shape index (κ2) is 7.53. The molecule has 1 aliphatic carbocycles. The van der Waals surface area contributed by atoms with Gasteiger partial charge in [-0.1, -0.05) is 12.1 Å². The number of carbonyl (C=O) groups is 1. The molecular formula is C19H21FN2O3. The lowest BCUT2D eigenvalue weighted by molar-refractivity contribution is -0.119. The fourth-order valence-electron chi connectivity index (χ4n) is 2.98. The van der Waals surface area contributed by atoms with Crippen molar-refractivity contribution >= 4 is 11.6 Å². The number of hydrogen-bond donors (Lipinski definition) is 2. The average molecular weight is 344 g/mol. The molecule has 25 heavy (non-hydrogen) atoms. The number of halogens is 1. The van der Waals surface area contributed by atoms with E-state index in [1.54, 1.807) is 30.3 Å². The van der Waals surface area contributed by atoms with Gasteiger partial charge in [-0.05, 0) is 43.5 Å². The van der Waals surface area contributed by atoms with Gasteiger partial charge in [-0.2, -0.15) is 0 Å². The lowest BCUT2D eigenvalue weighted by Crippen LogP contribution is -2.23. The Labute approximate surface area is 145 Å². The van der Waals surface area contributed by atoms with Crippen LogP contribution in [0.2, 0.25) is 0 Å². The lowest BCUT2D eigenvalue weighted by atomic mass is 10.1. The van der Waals surface area contributed by atoms with Crippen LogP contribution in [0.4, 0.5) is 10.1 Å². The van der Waals surface area contributed by atoms with E-state index in [1.165, 1.54) is 19.2 Å². The van der Waals surface area contributed by atoms with Crippen LogP contribution in [0.15, 0.2) is 42.5 Å². The third kappa shape index (κ3) is 4.09. The minimum Gasteiger partial charge on any atom is -0.493 e. The Morgan fingerprint density at radius 3 is 2.56 bits per heavy atom. The summed E-state index contributed by atoms with van der Waals surface area (Å²) >= 11 is 0. The summed E-state index contributed by atoms with van der Waals surface area (Å²) in [4.78, 5) is 12.2. The second-order valence-corrected chi connectivity index (χ2v) is 6.16. The smallest absolute Gasteiger partial charge is 0.227 e. The molecule has 0 bridgehead atoms. The monoisotopic (exact) mass is 344 g/mol. The van der Waals surface area contributed by atoms with E-state index < -0.39 is 5.82 Å². The van der Waals surface area contributed by atoms with Crippen molar-refractivity contribution in [1.29, 1.82) is 0 Å². The fraction of sp³-hybridized carbons (Fsp3) is 0.316. The molecule has 0 aliphatic heterocycles. The quantitative estimate of drug-likeness (QED) is 0.867. The first kappa shape index (κ1) is 17.2. The molecule has 2 aromatic rings. The van der Waals surface area contributed by atoms with Crippen LogP contribution in [0.1, 0.15) is 19.3 Å². The first-order valence-corrected chi connectivity index (χ1v) is 8.23. The molecule has 6 heteroatoms. The standard InChI is InChI=1S/C19H21FN2O3/c1-24-17-4-2-3-5-18(17)25-16-9-8-14(11-15(16)20)22-19(23)12-6-7-13(21)10-12/h2-5,8-9,11-13H,6-7,10,21H2,1H3,(H,22,23). The third-order valence-corrected chi connectivity index (χ3v) is 4.33. The zero-order valence-electron chi connectivity index (χ0n) is 14.0. The van der Waals surface area contributed by atoms with Gasteiger partial charge in [-0.25, -0.2) is 4.39 Å². The summed E-state index contributed by atoms with van der Waals surface area (Å²) in [5.74, 6) is 0.197. The summed E-state index contributed by atoms with van der Waals surface area (Å²) in [5.41, 5.74) is 6.23. The molecule has 0 radical (unpaired) electrons. The number of nitrogens with one attached hydrogen (secondary N) is 1. The molecule has 1 saturated carbocycles. The number of carbonyl (C=O) groups excluding carboxylic acids is 1. The summed E-state index contributed by atoms with van der Waals surface area (Å²) in [6.07, 6.45) is 2.28. The molecule has 0 saturated heterocycles. The number of para-hydroxylation sites is 2. The minimum atomic E-state index is -0.563. The Kier molecular flexibility index (Phi) is 5.19. The topological polar surface area (TPSA) is 73.6 Å². The maximum absolute atomic E-state index is 14.3. The van der Waals surface area contributed by atoms with E-state index in [4.69, 9.17) is 15.2 Å². The van der Waals surface area contributed by atoms with Gasteiger partial charge in [0.2, 0.25) is 5.91 Å². The average Bonchev–Trinajstić information content (AvgIpc) is 3.04. The first-order chi connectivity index (χ1) is 12.1. The molecule has 2 unspecified atom stereocenters. The van der Waals surface area contributed by atoms with Crippen molar-refractivity contribution in [3.05, 3.63) is 48.3 Å². The van der Waals surface area contributed by atoms with Crippen LogP contribution in [0.25, 0.3) is 0 Å². The number of anilines is 1. The molecule has 0 spiro atoms. The number of ether oxygens (including phenoxy) is 2. The maximum atomic E-state index is 14.3. The Bertz CT molecular complexity index is 766. The van der Waals surface area contributed by atoms with Crippen molar-refractivity contribution in [3.8, 4) is 17.2 Å². The second-order valence-electron chi connectivity index (χ2n) is 6.16. The molecule has 0 aromatic heterocycles. The highest BCUT2D eigenvalue weighted by Crippen LogP contribution is 2.33. The van der Waals surface area contributed by atoms with E-state index in [0.29, 0.717) is 23.6 Å². The molecular weight excluding hydrogens is 323 g/mol. The fourth-order valence-corrected chi connectivity index (χ4v) is 2.98. The van der Waals surface area contributed by atoms with Crippen molar-refractivity contribution in [2.24, 2.45) is 11.7 Å². The number of nitrogens with two attached hydrogens (primary N) is 1. The summed E-state index contributed by atoms with van der Waals surface area (Å²) in [7, 11) is 1.52. The van der Waals surface area contributed by atoms with Gasteiger partial charge in [0.1, 0.15) is 0 Å². The van der Waals surface area contributed by atoms with Gasteiger partial charge >= 0.3 is 0 Å². The van der Waals surface area contributed by atoms with Crippen LogP contribution in [0.3, 0.4) is 0 Å². The van der Waals surface area contributed by atoms with Crippen LogP contribution in [-0.4, -0.2) is 19.1 Å². The predicted molar refractivity (Wildman–Crippen MR) is 93.4 cm³/mol. The van der Waals surface area contributed by atoms with Crippen molar-refractivity contribution in [3.63, 3.8) is 0 Å². The Hall–Kier alpha value is -2.60. The summed E-state index contributed by atoms with van der Waals surface area (Å²) in [5, 5.41) is 2.74. The highest BCUT2D eigenvalue weighted by molar-refractivity contribution is 5.92. The highest BCUT2D eigenvalue weighted by atomic mass is 19.1. The van der Waals surface area contributed by atoms with Crippen molar-refractivity contribution in [2.45, 2.75) is 25.3 Å². The van der Waals surface area contributed by atoms with Gasteiger partial charge < -0.3 is 20.5 Å². The molecule has 2 aromatic carbocycles. The van der Waals surface area contributed by atoms with Gasteiger partial charge in [0.25, 0.3) is 0 Å². The van der Waals surface area contributed by atoms with E-state index >= 15 is 0 Å². The molecule has 1 aliphatic rings. The van der Waals surface area contributed by atoms with Crippen LogP contribution in [-0.2, 0) is 4.79 Å². The number of amides is 1. The predicted octanol–water partition coefficient (Wildman–Crippen LogP) is 3.69. The largest absolute Gasteiger partial charge is 0.493 e. The molecule has 1 fully saturated rings. The van der Waals surface area contributed by atoms with Crippen LogP contribution in [0, 0.1) is 11.7 Å². The number of benzene rings is 2. The van der Waals surface area contributed by atoms with Crippen LogP contribution in [0.5, 0.6) is 17.2 Å². The van der Waals surface area contributed by atoms with Gasteiger partial charge in [0.05, 0.1) is 7.11 Å². The van der Waals surface area contributed by atoms with Crippen molar-refractivity contribution in [1.82, 2.24) is 0 Å². The highest BCUT2D eigenvalue weighted by Gasteiger charge is 2.27. The van der Waals surface area contributed by atoms with Gasteiger partial charge in [0.15, 0.2) is 23.1 Å². The van der Waals surface area contributed by atoms with Crippen LogP contribution < -0.4 is 20.5 Å². The van der Waals surface area contributed by atoms with Gasteiger partial charge in [-0.15, -0.1) is 0 Å². The Morgan fingerprint density at radius 2 is 1.92 bits per heavy atom. The lowest BCUT2D eigenvalue weighted by Gasteiger charge is -2.13.